The molecule has 0 saturated carbocycles. The molecule has 2 heterocycles. The predicted octanol–water partition coefficient (Wildman–Crippen LogP) is 2.80. The van der Waals surface area contributed by atoms with E-state index in [1.165, 1.54) is 19.3 Å². The van der Waals surface area contributed by atoms with Gasteiger partial charge in [-0.25, -0.2) is 4.98 Å². The second kappa shape index (κ2) is 5.92. The smallest absolute Gasteiger partial charge is 0.151 e. The van der Waals surface area contributed by atoms with Crippen molar-refractivity contribution in [2.45, 2.75) is 33.1 Å². The molecule has 1 fully saturated rings. The minimum absolute atomic E-state index is 0.524. The Hall–Kier alpha value is -1.76. The van der Waals surface area contributed by atoms with Gasteiger partial charge in [0.05, 0.1) is 11.3 Å². The second-order valence-electron chi connectivity index (χ2n) is 5.67. The van der Waals surface area contributed by atoms with Crippen LogP contribution in [-0.2, 0) is 0 Å². The molecule has 19 heavy (non-hydrogen) atoms. The number of anilines is 2. The quantitative estimate of drug-likeness (QED) is 0.885. The number of nitriles is 1. The van der Waals surface area contributed by atoms with E-state index in [0.717, 1.165) is 30.7 Å². The Kier molecular flexibility index (Phi) is 4.26. The number of nitrogens with zero attached hydrogens (tertiary/aromatic N) is 3. The van der Waals surface area contributed by atoms with Gasteiger partial charge in [-0.1, -0.05) is 13.8 Å². The van der Waals surface area contributed by atoms with Crippen molar-refractivity contribution in [1.82, 2.24) is 4.98 Å². The maximum atomic E-state index is 8.84. The third-order valence-electron chi connectivity index (χ3n) is 4.04. The van der Waals surface area contributed by atoms with Crippen LogP contribution >= 0.6 is 0 Å². The molecule has 0 amide bonds. The van der Waals surface area contributed by atoms with Crippen LogP contribution in [0, 0.1) is 23.2 Å². The number of nitrogens with two attached hydrogens (primary N) is 1. The number of hydrogen-bond donors (Lipinski definition) is 1. The first-order chi connectivity index (χ1) is 9.11. The van der Waals surface area contributed by atoms with Crippen molar-refractivity contribution in [2.24, 2.45) is 11.8 Å². The first kappa shape index (κ1) is 13.7. The summed E-state index contributed by atoms with van der Waals surface area (Å²) in [7, 11) is 0. The van der Waals surface area contributed by atoms with E-state index in [1.54, 1.807) is 12.3 Å². The zero-order valence-corrected chi connectivity index (χ0v) is 11.8. The molecule has 0 bridgehead atoms. The Labute approximate surface area is 115 Å². The van der Waals surface area contributed by atoms with Crippen LogP contribution in [-0.4, -0.2) is 18.1 Å². The number of hydrogen-bond acceptors (Lipinski definition) is 4. The van der Waals surface area contributed by atoms with Gasteiger partial charge in [-0.2, -0.15) is 5.26 Å². The topological polar surface area (TPSA) is 65.9 Å². The summed E-state index contributed by atoms with van der Waals surface area (Å²) in [6, 6.07) is 3.79. The third kappa shape index (κ3) is 3.17. The van der Waals surface area contributed by atoms with Gasteiger partial charge in [-0.3, -0.25) is 0 Å². The molecule has 0 aliphatic carbocycles. The zero-order valence-electron chi connectivity index (χ0n) is 11.8. The van der Waals surface area contributed by atoms with Crippen LogP contribution in [0.3, 0.4) is 0 Å². The van der Waals surface area contributed by atoms with Crippen LogP contribution in [0.4, 0.5) is 11.5 Å². The van der Waals surface area contributed by atoms with Crippen molar-refractivity contribution in [2.75, 3.05) is 23.7 Å². The molecule has 1 unspecified atom stereocenters. The normalized spacial score (nSPS) is 20.1. The fraction of sp³-hybridized carbons (Fsp3) is 0.600. The van der Waals surface area contributed by atoms with Crippen LogP contribution in [0.1, 0.15) is 38.7 Å². The highest BCUT2D eigenvalue weighted by Gasteiger charge is 2.21. The summed E-state index contributed by atoms with van der Waals surface area (Å²) in [5, 5.41) is 8.84. The van der Waals surface area contributed by atoms with Crippen molar-refractivity contribution >= 4 is 11.5 Å². The zero-order chi connectivity index (χ0) is 13.8. The summed E-state index contributed by atoms with van der Waals surface area (Å²) in [5.74, 6) is 2.37. The molecule has 1 atom stereocenters. The van der Waals surface area contributed by atoms with E-state index in [4.69, 9.17) is 11.0 Å². The van der Waals surface area contributed by atoms with E-state index in [9.17, 15) is 0 Å². The summed E-state index contributed by atoms with van der Waals surface area (Å²) >= 11 is 0. The van der Waals surface area contributed by atoms with Crippen molar-refractivity contribution in [3.63, 3.8) is 0 Å². The lowest BCUT2D eigenvalue weighted by molar-refractivity contribution is 0.351. The third-order valence-corrected chi connectivity index (χ3v) is 4.04. The van der Waals surface area contributed by atoms with Gasteiger partial charge in [-0.05, 0) is 37.2 Å². The van der Waals surface area contributed by atoms with Gasteiger partial charge < -0.3 is 10.6 Å². The fourth-order valence-corrected chi connectivity index (χ4v) is 2.80. The van der Waals surface area contributed by atoms with Gasteiger partial charge in [0.1, 0.15) is 6.07 Å². The number of rotatable bonds is 2. The first-order valence-corrected chi connectivity index (χ1v) is 7.02. The molecule has 1 aliphatic rings. The van der Waals surface area contributed by atoms with Crippen LogP contribution in [0.25, 0.3) is 0 Å². The molecule has 1 aromatic rings. The van der Waals surface area contributed by atoms with Gasteiger partial charge in [0.25, 0.3) is 0 Å². The first-order valence-electron chi connectivity index (χ1n) is 7.02. The number of aromatic nitrogens is 1. The molecule has 2 N–H and O–H groups in total. The molecule has 0 spiro atoms. The van der Waals surface area contributed by atoms with E-state index < -0.39 is 0 Å². The predicted molar refractivity (Wildman–Crippen MR) is 77.8 cm³/mol. The SMILES string of the molecule is CC(C)C1CCCN(c2ncc(C#N)cc2N)CC1. The largest absolute Gasteiger partial charge is 0.396 e. The average molecular weight is 258 g/mol. The molecule has 0 aromatic carbocycles. The van der Waals surface area contributed by atoms with Gasteiger partial charge in [-0.15, -0.1) is 0 Å². The Morgan fingerprint density at radius 3 is 2.84 bits per heavy atom. The van der Waals surface area contributed by atoms with Crippen LogP contribution in [0.5, 0.6) is 0 Å². The Morgan fingerprint density at radius 2 is 2.21 bits per heavy atom. The molecular formula is C15H22N4. The van der Waals surface area contributed by atoms with Crippen LogP contribution in [0.15, 0.2) is 12.3 Å². The molecular weight excluding hydrogens is 236 g/mol. The Morgan fingerprint density at radius 1 is 1.42 bits per heavy atom. The van der Waals surface area contributed by atoms with E-state index in [2.05, 4.69) is 29.8 Å². The monoisotopic (exact) mass is 258 g/mol. The maximum absolute atomic E-state index is 8.84. The van der Waals surface area contributed by atoms with Gasteiger partial charge >= 0.3 is 0 Å². The maximum Gasteiger partial charge on any atom is 0.151 e. The minimum atomic E-state index is 0.524. The van der Waals surface area contributed by atoms with Crippen molar-refractivity contribution < 1.29 is 0 Å². The highest BCUT2D eigenvalue weighted by molar-refractivity contribution is 5.64. The van der Waals surface area contributed by atoms with Crippen molar-refractivity contribution in [1.29, 1.82) is 5.26 Å². The molecule has 1 aliphatic heterocycles. The highest BCUT2D eigenvalue weighted by atomic mass is 15.2. The summed E-state index contributed by atoms with van der Waals surface area (Å²) in [6.07, 6.45) is 5.27. The van der Waals surface area contributed by atoms with E-state index >= 15 is 0 Å². The average Bonchev–Trinajstić information content (AvgIpc) is 2.64. The van der Waals surface area contributed by atoms with E-state index in [-0.39, 0.29) is 0 Å². The molecule has 1 aromatic heterocycles. The van der Waals surface area contributed by atoms with Crippen molar-refractivity contribution in [3.05, 3.63) is 17.8 Å². The Balaban J connectivity index is 2.12. The molecule has 1 saturated heterocycles. The molecule has 4 heteroatoms. The lowest BCUT2D eigenvalue weighted by Gasteiger charge is -2.23. The van der Waals surface area contributed by atoms with E-state index in [1.807, 2.05) is 0 Å². The fourth-order valence-electron chi connectivity index (χ4n) is 2.80. The van der Waals surface area contributed by atoms with Gasteiger partial charge in [0.2, 0.25) is 0 Å². The second-order valence-corrected chi connectivity index (χ2v) is 5.67. The summed E-state index contributed by atoms with van der Waals surface area (Å²) in [4.78, 5) is 6.63. The lowest BCUT2D eigenvalue weighted by atomic mass is 9.89. The molecule has 2 rings (SSSR count). The van der Waals surface area contributed by atoms with Gasteiger partial charge in [0.15, 0.2) is 5.82 Å². The Bertz CT molecular complexity index is 476. The number of pyridine rings is 1. The summed E-state index contributed by atoms with van der Waals surface area (Å²) < 4.78 is 0. The van der Waals surface area contributed by atoms with E-state index in [0.29, 0.717) is 11.3 Å². The van der Waals surface area contributed by atoms with Gasteiger partial charge in [0, 0.05) is 19.3 Å². The molecule has 4 nitrogen and oxygen atoms in total. The number of nitrogen functional groups attached to an aromatic ring is 1. The summed E-state index contributed by atoms with van der Waals surface area (Å²) in [6.45, 7) is 6.61. The van der Waals surface area contributed by atoms with Crippen LogP contribution < -0.4 is 10.6 Å². The molecule has 0 radical (unpaired) electrons. The summed E-state index contributed by atoms with van der Waals surface area (Å²) in [5.41, 5.74) is 7.16. The van der Waals surface area contributed by atoms with Crippen molar-refractivity contribution in [3.8, 4) is 6.07 Å². The minimum Gasteiger partial charge on any atom is -0.396 e. The standard InChI is InChI=1S/C15H22N4/c1-11(2)13-4-3-6-19(7-5-13)15-14(17)8-12(9-16)10-18-15/h8,10-11,13H,3-7,17H2,1-2H3. The highest BCUT2D eigenvalue weighted by Crippen LogP contribution is 2.28. The molecule has 102 valence electrons. The lowest BCUT2D eigenvalue weighted by Crippen LogP contribution is -2.26. The van der Waals surface area contributed by atoms with Crippen LogP contribution in [0.2, 0.25) is 0 Å².